The molecule has 2 heterocycles. The van der Waals surface area contributed by atoms with Gasteiger partial charge in [0.2, 0.25) is 11.8 Å². The molecule has 0 radical (unpaired) electrons. The van der Waals surface area contributed by atoms with E-state index in [0.717, 1.165) is 5.56 Å². The molecule has 0 saturated carbocycles. The Morgan fingerprint density at radius 1 is 1.19 bits per heavy atom. The molecule has 0 bridgehead atoms. The molecule has 1 saturated heterocycles. The van der Waals surface area contributed by atoms with Crippen molar-refractivity contribution >= 4 is 11.8 Å². The van der Waals surface area contributed by atoms with Crippen molar-refractivity contribution < 1.29 is 27.4 Å². The molecular weight excluding hydrogens is 418 g/mol. The van der Waals surface area contributed by atoms with Gasteiger partial charge in [-0.05, 0) is 36.5 Å². The lowest BCUT2D eigenvalue weighted by atomic mass is 9.89. The molecule has 1 aliphatic heterocycles. The molecule has 1 aliphatic rings. The molecular formula is C20H21F4N5O2. The molecule has 0 atom stereocenters. The molecule has 31 heavy (non-hydrogen) atoms. The largest absolute Gasteiger partial charge is 0.467 e. The molecule has 0 unspecified atom stereocenters. The van der Waals surface area contributed by atoms with Crippen LogP contribution in [0.4, 0.5) is 29.3 Å². The summed E-state index contributed by atoms with van der Waals surface area (Å²) in [7, 11) is 0. The number of aromatic nitrogens is 2. The Bertz CT molecular complexity index is 923. The minimum Gasteiger partial charge on any atom is -0.467 e. The molecule has 0 aliphatic carbocycles. The smallest absolute Gasteiger partial charge is 0.422 e. The van der Waals surface area contributed by atoms with E-state index in [0.29, 0.717) is 25.9 Å². The van der Waals surface area contributed by atoms with Crippen molar-refractivity contribution in [2.24, 2.45) is 0 Å². The van der Waals surface area contributed by atoms with Crippen LogP contribution in [-0.2, 0) is 0 Å². The predicted molar refractivity (Wildman–Crippen MR) is 104 cm³/mol. The number of halogens is 4. The van der Waals surface area contributed by atoms with Gasteiger partial charge < -0.3 is 20.1 Å². The second kappa shape index (κ2) is 9.78. The average molecular weight is 439 g/mol. The van der Waals surface area contributed by atoms with E-state index in [1.807, 2.05) is 6.07 Å². The van der Waals surface area contributed by atoms with Gasteiger partial charge in [-0.2, -0.15) is 28.4 Å². The number of hydrogen-bond donors (Lipinski definition) is 2. The molecule has 166 valence electrons. The Balaban J connectivity index is 1.83. The summed E-state index contributed by atoms with van der Waals surface area (Å²) in [5.41, 5.74) is 0.822. The summed E-state index contributed by atoms with van der Waals surface area (Å²) >= 11 is 0. The SMILES string of the molecule is N#Cc1c(OCC(F)(F)F)nc(NCCO)nc1N1CCC(c2ccc(F)cc2)CC1. The van der Waals surface area contributed by atoms with E-state index in [1.165, 1.54) is 12.1 Å². The lowest BCUT2D eigenvalue weighted by Crippen LogP contribution is -2.34. The second-order valence-corrected chi connectivity index (χ2v) is 7.03. The summed E-state index contributed by atoms with van der Waals surface area (Å²) in [6.45, 7) is -0.765. The van der Waals surface area contributed by atoms with Gasteiger partial charge in [0.05, 0.1) is 6.61 Å². The van der Waals surface area contributed by atoms with Crippen molar-refractivity contribution in [3.05, 3.63) is 41.2 Å². The minimum absolute atomic E-state index is 0.0408. The number of nitrogens with one attached hydrogen (secondary N) is 1. The fourth-order valence-corrected chi connectivity index (χ4v) is 3.42. The molecule has 1 aromatic heterocycles. The normalized spacial score (nSPS) is 14.9. The fourth-order valence-electron chi connectivity index (χ4n) is 3.42. The Kier molecular flexibility index (Phi) is 7.12. The van der Waals surface area contributed by atoms with Crippen molar-refractivity contribution in [1.29, 1.82) is 5.26 Å². The Hall–Kier alpha value is -3.13. The fraction of sp³-hybridized carbons (Fsp3) is 0.450. The summed E-state index contributed by atoms with van der Waals surface area (Å²) in [4.78, 5) is 9.95. The molecule has 2 N–H and O–H groups in total. The number of aliphatic hydroxyl groups excluding tert-OH is 1. The number of nitriles is 1. The third-order valence-electron chi connectivity index (χ3n) is 4.87. The van der Waals surface area contributed by atoms with Crippen molar-refractivity contribution in [3.63, 3.8) is 0 Å². The zero-order chi connectivity index (χ0) is 22.4. The monoisotopic (exact) mass is 439 g/mol. The second-order valence-electron chi connectivity index (χ2n) is 7.03. The maximum absolute atomic E-state index is 13.2. The van der Waals surface area contributed by atoms with E-state index in [9.17, 15) is 22.8 Å². The number of benzene rings is 1. The Morgan fingerprint density at radius 2 is 1.87 bits per heavy atom. The van der Waals surface area contributed by atoms with Crippen LogP contribution in [0.25, 0.3) is 0 Å². The molecule has 7 nitrogen and oxygen atoms in total. The van der Waals surface area contributed by atoms with Crippen LogP contribution in [0.5, 0.6) is 5.88 Å². The highest BCUT2D eigenvalue weighted by Gasteiger charge is 2.31. The van der Waals surface area contributed by atoms with E-state index in [4.69, 9.17) is 9.84 Å². The van der Waals surface area contributed by atoms with Gasteiger partial charge in [-0.3, -0.25) is 0 Å². The third kappa shape index (κ3) is 5.95. The number of nitrogens with zero attached hydrogens (tertiary/aromatic N) is 4. The predicted octanol–water partition coefficient (Wildman–Crippen LogP) is 3.22. The topological polar surface area (TPSA) is 94.3 Å². The van der Waals surface area contributed by atoms with Crippen molar-refractivity contribution in [1.82, 2.24) is 9.97 Å². The first-order valence-electron chi connectivity index (χ1n) is 9.67. The first-order chi connectivity index (χ1) is 14.8. The highest BCUT2D eigenvalue weighted by atomic mass is 19.4. The van der Waals surface area contributed by atoms with Crippen LogP contribution in [-0.4, -0.2) is 54.1 Å². The first-order valence-corrected chi connectivity index (χ1v) is 9.67. The standard InChI is InChI=1S/C20H21F4N5O2/c21-15-3-1-13(2-4-15)14-5-8-29(9-6-14)17-16(11-25)18(31-12-20(22,23)24)28-19(27-17)26-7-10-30/h1-4,14,30H,5-10,12H2,(H,26,27,28). The maximum Gasteiger partial charge on any atom is 0.422 e. The number of aliphatic hydroxyl groups is 1. The van der Waals surface area contributed by atoms with Gasteiger partial charge in [-0.1, -0.05) is 12.1 Å². The van der Waals surface area contributed by atoms with Gasteiger partial charge in [0, 0.05) is 19.6 Å². The van der Waals surface area contributed by atoms with E-state index >= 15 is 0 Å². The lowest BCUT2D eigenvalue weighted by Gasteiger charge is -2.33. The van der Waals surface area contributed by atoms with E-state index < -0.39 is 18.7 Å². The molecule has 2 aromatic rings. The summed E-state index contributed by atoms with van der Waals surface area (Å²) in [6.07, 6.45) is -3.21. The summed E-state index contributed by atoms with van der Waals surface area (Å²) in [6, 6.07) is 8.14. The number of anilines is 2. The Labute approximate surface area is 176 Å². The molecule has 1 fully saturated rings. The van der Waals surface area contributed by atoms with E-state index in [1.54, 1.807) is 17.0 Å². The average Bonchev–Trinajstić information content (AvgIpc) is 2.76. The number of hydrogen-bond acceptors (Lipinski definition) is 7. The van der Waals surface area contributed by atoms with Crippen LogP contribution in [0.3, 0.4) is 0 Å². The van der Waals surface area contributed by atoms with Crippen LogP contribution in [0.15, 0.2) is 24.3 Å². The maximum atomic E-state index is 13.2. The molecule has 0 spiro atoms. The third-order valence-corrected chi connectivity index (χ3v) is 4.87. The molecule has 11 heteroatoms. The number of piperidine rings is 1. The van der Waals surface area contributed by atoms with Crippen molar-refractivity contribution in [2.75, 3.05) is 43.1 Å². The zero-order valence-electron chi connectivity index (χ0n) is 16.5. The van der Waals surface area contributed by atoms with Gasteiger partial charge in [-0.15, -0.1) is 0 Å². The highest BCUT2D eigenvalue weighted by molar-refractivity contribution is 5.61. The summed E-state index contributed by atoms with van der Waals surface area (Å²) < 4.78 is 55.8. The van der Waals surface area contributed by atoms with Gasteiger partial charge in [0.15, 0.2) is 18.0 Å². The molecule has 3 rings (SSSR count). The zero-order valence-corrected chi connectivity index (χ0v) is 16.5. The molecule has 1 aromatic carbocycles. The van der Waals surface area contributed by atoms with Gasteiger partial charge in [-0.25, -0.2) is 4.39 Å². The van der Waals surface area contributed by atoms with Crippen LogP contribution in [0.2, 0.25) is 0 Å². The number of alkyl halides is 3. The van der Waals surface area contributed by atoms with Gasteiger partial charge in [0.25, 0.3) is 0 Å². The highest BCUT2D eigenvalue weighted by Crippen LogP contribution is 2.34. The van der Waals surface area contributed by atoms with Crippen molar-refractivity contribution in [3.8, 4) is 11.9 Å². The van der Waals surface area contributed by atoms with Crippen LogP contribution < -0.4 is 15.0 Å². The minimum atomic E-state index is -4.59. The van der Waals surface area contributed by atoms with E-state index in [-0.39, 0.29) is 42.2 Å². The van der Waals surface area contributed by atoms with Crippen molar-refractivity contribution in [2.45, 2.75) is 24.9 Å². The Morgan fingerprint density at radius 3 is 2.45 bits per heavy atom. The van der Waals surface area contributed by atoms with Crippen LogP contribution in [0.1, 0.15) is 29.9 Å². The van der Waals surface area contributed by atoms with Crippen LogP contribution in [0, 0.1) is 17.1 Å². The van der Waals surface area contributed by atoms with E-state index in [2.05, 4.69) is 15.3 Å². The van der Waals surface area contributed by atoms with Gasteiger partial charge >= 0.3 is 6.18 Å². The number of rotatable bonds is 7. The van der Waals surface area contributed by atoms with Gasteiger partial charge in [0.1, 0.15) is 11.9 Å². The van der Waals surface area contributed by atoms with Crippen LogP contribution >= 0.6 is 0 Å². The number of ether oxygens (including phenoxy) is 1. The lowest BCUT2D eigenvalue weighted by molar-refractivity contribution is -0.154. The summed E-state index contributed by atoms with van der Waals surface area (Å²) in [5, 5.41) is 21.3. The summed E-state index contributed by atoms with van der Waals surface area (Å²) in [5.74, 6) is -0.452. The first kappa shape index (κ1) is 22.6. The quantitative estimate of drug-likeness (QED) is 0.640. The molecule has 0 amide bonds.